The fraction of sp³-hybridized carbons (Fsp3) is 0.429. The van der Waals surface area contributed by atoms with E-state index in [4.69, 9.17) is 11.6 Å². The first-order chi connectivity index (χ1) is 11.3. The standard InChI is InChI=1S/C14H14ClF3N6/c1-9-21-11(14(16,17)18)6-12(22-9)23-2-4-24(5-3-23)13-19-7-10(15)8-20-13/h6-8H,2-5H2,1H3. The SMILES string of the molecule is Cc1nc(N2CCN(c3ncc(Cl)cn3)CC2)cc(C(F)(F)F)n1. The topological polar surface area (TPSA) is 58.0 Å². The Morgan fingerprint density at radius 2 is 1.58 bits per heavy atom. The molecule has 0 saturated carbocycles. The van der Waals surface area contributed by atoms with Crippen LogP contribution in [0.2, 0.25) is 5.02 Å². The van der Waals surface area contributed by atoms with Crippen LogP contribution in [0.5, 0.6) is 0 Å². The minimum Gasteiger partial charge on any atom is -0.353 e. The molecule has 0 bridgehead atoms. The average Bonchev–Trinajstić information content (AvgIpc) is 2.54. The second-order valence-corrected chi connectivity index (χ2v) is 5.77. The molecule has 0 N–H and O–H groups in total. The molecule has 0 amide bonds. The molecule has 2 aromatic heterocycles. The number of hydrogen-bond donors (Lipinski definition) is 0. The highest BCUT2D eigenvalue weighted by atomic mass is 35.5. The molecule has 10 heteroatoms. The van der Waals surface area contributed by atoms with Crippen LogP contribution in [0.25, 0.3) is 0 Å². The van der Waals surface area contributed by atoms with E-state index >= 15 is 0 Å². The van der Waals surface area contributed by atoms with Gasteiger partial charge in [0.15, 0.2) is 0 Å². The van der Waals surface area contributed by atoms with Crippen molar-refractivity contribution in [3.8, 4) is 0 Å². The van der Waals surface area contributed by atoms with Crippen molar-refractivity contribution < 1.29 is 13.2 Å². The van der Waals surface area contributed by atoms with Crippen molar-refractivity contribution in [2.45, 2.75) is 13.1 Å². The number of alkyl halides is 3. The van der Waals surface area contributed by atoms with Crippen molar-refractivity contribution in [2.24, 2.45) is 0 Å². The molecule has 0 spiro atoms. The van der Waals surface area contributed by atoms with E-state index < -0.39 is 11.9 Å². The Morgan fingerprint density at radius 1 is 1.00 bits per heavy atom. The number of rotatable bonds is 2. The summed E-state index contributed by atoms with van der Waals surface area (Å²) in [5.74, 6) is 0.934. The van der Waals surface area contributed by atoms with Gasteiger partial charge in [-0.3, -0.25) is 0 Å². The van der Waals surface area contributed by atoms with E-state index in [1.54, 1.807) is 4.90 Å². The molecule has 3 heterocycles. The molecule has 128 valence electrons. The Morgan fingerprint density at radius 3 is 2.17 bits per heavy atom. The van der Waals surface area contributed by atoms with E-state index in [0.29, 0.717) is 37.1 Å². The van der Waals surface area contributed by atoms with Crippen molar-refractivity contribution in [3.63, 3.8) is 0 Å². The van der Waals surface area contributed by atoms with Gasteiger partial charge >= 0.3 is 6.18 Å². The maximum Gasteiger partial charge on any atom is 0.433 e. The van der Waals surface area contributed by atoms with E-state index in [1.807, 2.05) is 4.90 Å². The molecule has 0 aromatic carbocycles. The number of halogens is 4. The van der Waals surface area contributed by atoms with Gasteiger partial charge in [-0.25, -0.2) is 19.9 Å². The van der Waals surface area contributed by atoms with Gasteiger partial charge in [0.25, 0.3) is 0 Å². The molecular weight excluding hydrogens is 345 g/mol. The van der Waals surface area contributed by atoms with Crippen LogP contribution in [-0.4, -0.2) is 46.1 Å². The number of hydrogen-bond acceptors (Lipinski definition) is 6. The van der Waals surface area contributed by atoms with Gasteiger partial charge in [-0.1, -0.05) is 11.6 Å². The predicted molar refractivity (Wildman–Crippen MR) is 83.2 cm³/mol. The van der Waals surface area contributed by atoms with E-state index in [9.17, 15) is 13.2 Å². The van der Waals surface area contributed by atoms with Gasteiger partial charge in [0.1, 0.15) is 17.3 Å². The molecule has 6 nitrogen and oxygen atoms in total. The van der Waals surface area contributed by atoms with Crippen molar-refractivity contribution >= 4 is 23.4 Å². The van der Waals surface area contributed by atoms with Crippen LogP contribution in [0, 0.1) is 6.92 Å². The highest BCUT2D eigenvalue weighted by Crippen LogP contribution is 2.30. The maximum atomic E-state index is 12.9. The van der Waals surface area contributed by atoms with Gasteiger partial charge in [0, 0.05) is 32.2 Å². The molecule has 1 saturated heterocycles. The van der Waals surface area contributed by atoms with E-state index in [1.165, 1.54) is 19.3 Å². The minimum atomic E-state index is -4.48. The Bertz CT molecular complexity index is 713. The number of piperazine rings is 1. The predicted octanol–water partition coefficient (Wildman–Crippen LogP) is 2.57. The van der Waals surface area contributed by atoms with Crippen molar-refractivity contribution in [1.29, 1.82) is 0 Å². The zero-order valence-corrected chi connectivity index (χ0v) is 13.5. The Hall–Kier alpha value is -2.16. The third-order valence-electron chi connectivity index (χ3n) is 3.61. The average molecular weight is 359 g/mol. The van der Waals surface area contributed by atoms with Crippen LogP contribution < -0.4 is 9.80 Å². The molecule has 0 atom stereocenters. The summed E-state index contributed by atoms with van der Waals surface area (Å²) < 4.78 is 38.7. The summed E-state index contributed by atoms with van der Waals surface area (Å²) in [6.07, 6.45) is -1.46. The Balaban J connectivity index is 1.73. The fourth-order valence-electron chi connectivity index (χ4n) is 2.46. The highest BCUT2D eigenvalue weighted by molar-refractivity contribution is 6.30. The second-order valence-electron chi connectivity index (χ2n) is 5.33. The van der Waals surface area contributed by atoms with E-state index in [0.717, 1.165) is 6.07 Å². The lowest BCUT2D eigenvalue weighted by Gasteiger charge is -2.35. The number of aromatic nitrogens is 4. The van der Waals surface area contributed by atoms with Crippen LogP contribution in [0.1, 0.15) is 11.5 Å². The summed E-state index contributed by atoms with van der Waals surface area (Å²) in [7, 11) is 0. The third kappa shape index (κ3) is 3.66. The lowest BCUT2D eigenvalue weighted by atomic mass is 10.3. The lowest BCUT2D eigenvalue weighted by molar-refractivity contribution is -0.141. The number of aryl methyl sites for hydroxylation is 1. The zero-order chi connectivity index (χ0) is 17.3. The summed E-state index contributed by atoms with van der Waals surface area (Å²) in [6.45, 7) is 3.63. The van der Waals surface area contributed by atoms with Gasteiger partial charge in [-0.2, -0.15) is 13.2 Å². The molecule has 0 unspecified atom stereocenters. The zero-order valence-electron chi connectivity index (χ0n) is 12.8. The lowest BCUT2D eigenvalue weighted by Crippen LogP contribution is -2.47. The van der Waals surface area contributed by atoms with E-state index in [2.05, 4.69) is 19.9 Å². The number of nitrogens with zero attached hydrogens (tertiary/aromatic N) is 6. The summed E-state index contributed by atoms with van der Waals surface area (Å²) >= 11 is 5.76. The van der Waals surface area contributed by atoms with Gasteiger partial charge in [0.2, 0.25) is 5.95 Å². The van der Waals surface area contributed by atoms with Gasteiger partial charge < -0.3 is 9.80 Å². The normalized spacial score (nSPS) is 15.7. The Labute approximate surface area is 141 Å². The molecular formula is C14H14ClF3N6. The monoisotopic (exact) mass is 358 g/mol. The van der Waals surface area contributed by atoms with Crippen molar-refractivity contribution in [1.82, 2.24) is 19.9 Å². The third-order valence-corrected chi connectivity index (χ3v) is 3.80. The quantitative estimate of drug-likeness (QED) is 0.822. The fourth-order valence-corrected chi connectivity index (χ4v) is 2.56. The molecule has 0 radical (unpaired) electrons. The Kier molecular flexibility index (Phi) is 4.44. The van der Waals surface area contributed by atoms with Crippen LogP contribution in [0.15, 0.2) is 18.5 Å². The van der Waals surface area contributed by atoms with Crippen molar-refractivity contribution in [2.75, 3.05) is 36.0 Å². The molecule has 3 rings (SSSR count). The van der Waals surface area contributed by atoms with Crippen LogP contribution in [0.4, 0.5) is 24.9 Å². The van der Waals surface area contributed by atoms with Gasteiger partial charge in [-0.05, 0) is 6.92 Å². The molecule has 2 aromatic rings. The first kappa shape index (κ1) is 16.7. The number of anilines is 2. The molecule has 24 heavy (non-hydrogen) atoms. The molecule has 0 aliphatic carbocycles. The van der Waals surface area contributed by atoms with Crippen molar-refractivity contribution in [3.05, 3.63) is 35.0 Å². The second kappa shape index (κ2) is 6.39. The molecule has 1 fully saturated rings. The summed E-state index contributed by atoms with van der Waals surface area (Å²) in [4.78, 5) is 19.6. The van der Waals surface area contributed by atoms with E-state index in [-0.39, 0.29) is 11.6 Å². The summed E-state index contributed by atoms with van der Waals surface area (Å²) in [6, 6.07) is 0.988. The summed E-state index contributed by atoms with van der Waals surface area (Å²) in [5.41, 5.74) is -0.923. The smallest absolute Gasteiger partial charge is 0.353 e. The first-order valence-corrected chi connectivity index (χ1v) is 7.61. The minimum absolute atomic E-state index is 0.100. The van der Waals surface area contributed by atoms with Gasteiger partial charge in [-0.15, -0.1) is 0 Å². The first-order valence-electron chi connectivity index (χ1n) is 7.23. The van der Waals surface area contributed by atoms with Crippen LogP contribution in [0.3, 0.4) is 0 Å². The van der Waals surface area contributed by atoms with Crippen LogP contribution in [-0.2, 0) is 6.18 Å². The van der Waals surface area contributed by atoms with Crippen LogP contribution >= 0.6 is 11.6 Å². The summed E-state index contributed by atoms with van der Waals surface area (Å²) in [5, 5.41) is 0.452. The molecule has 1 aliphatic heterocycles. The molecule has 1 aliphatic rings. The van der Waals surface area contributed by atoms with Gasteiger partial charge in [0.05, 0.1) is 17.4 Å². The maximum absolute atomic E-state index is 12.9. The largest absolute Gasteiger partial charge is 0.433 e. The highest BCUT2D eigenvalue weighted by Gasteiger charge is 2.34.